The van der Waals surface area contributed by atoms with E-state index in [1.54, 1.807) is 0 Å². The van der Waals surface area contributed by atoms with Gasteiger partial charge in [0.1, 0.15) is 5.82 Å². The average Bonchev–Trinajstić information content (AvgIpc) is 2.36. The molecule has 0 aromatic heterocycles. The molecule has 1 saturated heterocycles. The van der Waals surface area contributed by atoms with E-state index in [9.17, 15) is 4.39 Å². The van der Waals surface area contributed by atoms with Crippen molar-refractivity contribution in [2.24, 2.45) is 0 Å². The normalized spacial score (nSPS) is 25.4. The number of nitrogens with zero attached hydrogens (tertiary/aromatic N) is 2. The summed E-state index contributed by atoms with van der Waals surface area (Å²) in [7, 11) is 4.16. The maximum atomic E-state index is 13.0. The molecular formula is C14H22FN3. The molecule has 1 aromatic carbocycles. The second-order valence-corrected chi connectivity index (χ2v) is 5.11. The first-order valence-electron chi connectivity index (χ1n) is 6.49. The largest absolute Gasteiger partial charge is 0.368 e. The Balaban J connectivity index is 2.12. The van der Waals surface area contributed by atoms with Crippen LogP contribution in [0.15, 0.2) is 24.3 Å². The zero-order chi connectivity index (χ0) is 13.1. The van der Waals surface area contributed by atoms with Crippen molar-refractivity contribution in [3.8, 4) is 0 Å². The van der Waals surface area contributed by atoms with Crippen molar-refractivity contribution in [1.29, 1.82) is 0 Å². The predicted molar refractivity (Wildman–Crippen MR) is 73.6 cm³/mol. The van der Waals surface area contributed by atoms with Gasteiger partial charge in [-0.2, -0.15) is 0 Å². The third kappa shape index (κ3) is 2.82. The van der Waals surface area contributed by atoms with Gasteiger partial charge in [-0.25, -0.2) is 4.39 Å². The van der Waals surface area contributed by atoms with Crippen LogP contribution in [0.25, 0.3) is 0 Å². The number of likely N-dealkylation sites (N-methyl/N-ethyl adjacent to an activating group) is 2. The summed E-state index contributed by atoms with van der Waals surface area (Å²) in [6.45, 7) is 5.17. The third-order valence-electron chi connectivity index (χ3n) is 3.82. The topological polar surface area (TPSA) is 18.5 Å². The van der Waals surface area contributed by atoms with Crippen LogP contribution < -0.4 is 10.2 Å². The number of halogens is 1. The van der Waals surface area contributed by atoms with Gasteiger partial charge in [0.25, 0.3) is 0 Å². The summed E-state index contributed by atoms with van der Waals surface area (Å²) >= 11 is 0. The van der Waals surface area contributed by atoms with E-state index in [2.05, 4.69) is 29.1 Å². The van der Waals surface area contributed by atoms with Crippen molar-refractivity contribution in [3.63, 3.8) is 0 Å². The molecule has 1 aromatic rings. The number of hydrogen-bond donors (Lipinski definition) is 1. The monoisotopic (exact) mass is 251 g/mol. The maximum Gasteiger partial charge on any atom is 0.123 e. The third-order valence-corrected chi connectivity index (χ3v) is 3.82. The SMILES string of the molecule is CNCC1CN(c2ccc(F)cc2)CC(C)N1C. The molecule has 2 unspecified atom stereocenters. The Bertz CT molecular complexity index is 379. The van der Waals surface area contributed by atoms with Gasteiger partial charge < -0.3 is 10.2 Å². The van der Waals surface area contributed by atoms with Gasteiger partial charge in [-0.3, -0.25) is 4.90 Å². The summed E-state index contributed by atoms with van der Waals surface area (Å²) in [5.74, 6) is -0.173. The Morgan fingerprint density at radius 3 is 2.56 bits per heavy atom. The predicted octanol–water partition coefficient (Wildman–Crippen LogP) is 1.55. The molecule has 1 fully saturated rings. The van der Waals surface area contributed by atoms with Crippen LogP contribution in [0.1, 0.15) is 6.92 Å². The summed E-state index contributed by atoms with van der Waals surface area (Å²) in [6, 6.07) is 7.79. The van der Waals surface area contributed by atoms with Gasteiger partial charge in [0.2, 0.25) is 0 Å². The van der Waals surface area contributed by atoms with Gasteiger partial charge in [-0.05, 0) is 45.3 Å². The van der Waals surface area contributed by atoms with E-state index < -0.39 is 0 Å². The molecule has 18 heavy (non-hydrogen) atoms. The lowest BCUT2D eigenvalue weighted by molar-refractivity contribution is 0.157. The first-order chi connectivity index (χ1) is 8.61. The molecule has 0 amide bonds. The van der Waals surface area contributed by atoms with E-state index in [0.717, 1.165) is 25.3 Å². The Morgan fingerprint density at radius 1 is 1.28 bits per heavy atom. The summed E-state index contributed by atoms with van der Waals surface area (Å²) in [5, 5.41) is 3.24. The van der Waals surface area contributed by atoms with Crippen molar-refractivity contribution < 1.29 is 4.39 Å². The lowest BCUT2D eigenvalue weighted by atomic mass is 10.1. The van der Waals surface area contributed by atoms with E-state index >= 15 is 0 Å². The number of piperazine rings is 1. The molecule has 0 saturated carbocycles. The van der Waals surface area contributed by atoms with Crippen molar-refractivity contribution >= 4 is 5.69 Å². The van der Waals surface area contributed by atoms with E-state index in [0.29, 0.717) is 12.1 Å². The average molecular weight is 251 g/mol. The van der Waals surface area contributed by atoms with Crippen LogP contribution in [0.5, 0.6) is 0 Å². The zero-order valence-corrected chi connectivity index (χ0v) is 11.4. The van der Waals surface area contributed by atoms with Crippen LogP contribution in [0.4, 0.5) is 10.1 Å². The molecule has 4 heteroatoms. The lowest BCUT2D eigenvalue weighted by Crippen LogP contribution is -2.58. The standard InChI is InChI=1S/C14H22FN3/c1-11-9-18(10-14(8-16-2)17(11)3)13-6-4-12(15)5-7-13/h4-7,11,14,16H,8-10H2,1-3H3. The number of hydrogen-bond acceptors (Lipinski definition) is 3. The summed E-state index contributed by atoms with van der Waals surface area (Å²) in [5.41, 5.74) is 1.11. The molecule has 1 heterocycles. The highest BCUT2D eigenvalue weighted by atomic mass is 19.1. The summed E-state index contributed by atoms with van der Waals surface area (Å²) in [6.07, 6.45) is 0. The first-order valence-corrected chi connectivity index (χ1v) is 6.49. The smallest absolute Gasteiger partial charge is 0.123 e. The van der Waals surface area contributed by atoms with Crippen LogP contribution in [-0.4, -0.2) is 50.7 Å². The minimum absolute atomic E-state index is 0.173. The fraction of sp³-hybridized carbons (Fsp3) is 0.571. The second-order valence-electron chi connectivity index (χ2n) is 5.11. The van der Waals surface area contributed by atoms with Crippen LogP contribution in [0.3, 0.4) is 0 Å². The fourth-order valence-corrected chi connectivity index (χ4v) is 2.57. The molecule has 0 aliphatic carbocycles. The van der Waals surface area contributed by atoms with E-state index in [-0.39, 0.29) is 5.82 Å². The highest BCUT2D eigenvalue weighted by Crippen LogP contribution is 2.21. The minimum atomic E-state index is -0.173. The number of nitrogens with one attached hydrogen (secondary N) is 1. The van der Waals surface area contributed by atoms with Gasteiger partial charge in [-0.15, -0.1) is 0 Å². The molecule has 0 bridgehead atoms. The number of anilines is 1. The van der Waals surface area contributed by atoms with Crippen LogP contribution in [-0.2, 0) is 0 Å². The Labute approximate surface area is 109 Å². The molecule has 0 radical (unpaired) electrons. The zero-order valence-electron chi connectivity index (χ0n) is 11.4. The van der Waals surface area contributed by atoms with Crippen molar-refractivity contribution in [2.75, 3.05) is 38.6 Å². The highest BCUT2D eigenvalue weighted by Gasteiger charge is 2.28. The van der Waals surface area contributed by atoms with Crippen LogP contribution >= 0.6 is 0 Å². The Kier molecular flexibility index (Phi) is 4.19. The number of rotatable bonds is 3. The quantitative estimate of drug-likeness (QED) is 0.879. The molecule has 100 valence electrons. The number of benzene rings is 1. The van der Waals surface area contributed by atoms with Crippen LogP contribution in [0.2, 0.25) is 0 Å². The second kappa shape index (κ2) is 5.67. The van der Waals surface area contributed by atoms with Crippen LogP contribution in [0, 0.1) is 5.82 Å². The van der Waals surface area contributed by atoms with E-state index in [1.165, 1.54) is 12.1 Å². The highest BCUT2D eigenvalue weighted by molar-refractivity contribution is 5.47. The summed E-state index contributed by atoms with van der Waals surface area (Å²) in [4.78, 5) is 4.75. The minimum Gasteiger partial charge on any atom is -0.368 e. The first kappa shape index (κ1) is 13.3. The van der Waals surface area contributed by atoms with E-state index in [4.69, 9.17) is 0 Å². The summed E-state index contributed by atoms with van der Waals surface area (Å²) < 4.78 is 13.0. The van der Waals surface area contributed by atoms with Gasteiger partial charge in [0, 0.05) is 37.4 Å². The molecular weight excluding hydrogens is 229 g/mol. The van der Waals surface area contributed by atoms with Crippen molar-refractivity contribution in [3.05, 3.63) is 30.1 Å². The molecule has 2 rings (SSSR count). The van der Waals surface area contributed by atoms with Gasteiger partial charge in [-0.1, -0.05) is 0 Å². The maximum absolute atomic E-state index is 13.0. The molecule has 2 atom stereocenters. The molecule has 1 aliphatic rings. The molecule has 1 N–H and O–H groups in total. The lowest BCUT2D eigenvalue weighted by Gasteiger charge is -2.44. The van der Waals surface area contributed by atoms with E-state index in [1.807, 2.05) is 19.2 Å². The molecule has 1 aliphatic heterocycles. The van der Waals surface area contributed by atoms with Crippen molar-refractivity contribution in [1.82, 2.24) is 10.2 Å². The molecule has 3 nitrogen and oxygen atoms in total. The Hall–Kier alpha value is -1.13. The molecule has 0 spiro atoms. The fourth-order valence-electron chi connectivity index (χ4n) is 2.57. The Morgan fingerprint density at radius 2 is 1.94 bits per heavy atom. The van der Waals surface area contributed by atoms with Gasteiger partial charge >= 0.3 is 0 Å². The van der Waals surface area contributed by atoms with Gasteiger partial charge in [0.05, 0.1) is 0 Å². The van der Waals surface area contributed by atoms with Crippen molar-refractivity contribution in [2.45, 2.75) is 19.0 Å². The van der Waals surface area contributed by atoms with Gasteiger partial charge in [0.15, 0.2) is 0 Å².